The molecule has 0 aliphatic rings. The van der Waals surface area contributed by atoms with Crippen molar-refractivity contribution in [3.63, 3.8) is 0 Å². The minimum absolute atomic E-state index is 0. The molecule has 0 radical (unpaired) electrons. The molecule has 7 nitrogen and oxygen atoms in total. The number of imidazole rings is 1. The molecule has 0 bridgehead atoms. The lowest BCUT2D eigenvalue weighted by Crippen LogP contribution is -2.38. The Labute approximate surface area is 206 Å². The summed E-state index contributed by atoms with van der Waals surface area (Å²) in [5.41, 5.74) is 3.08. The first kappa shape index (κ1) is 25.4. The predicted molar refractivity (Wildman–Crippen MR) is 140 cm³/mol. The predicted octanol–water partition coefficient (Wildman–Crippen LogP) is 3.01. The van der Waals surface area contributed by atoms with Crippen LogP contribution in [-0.2, 0) is 25.9 Å². The van der Waals surface area contributed by atoms with Gasteiger partial charge >= 0.3 is 0 Å². The molecule has 8 heteroatoms. The maximum Gasteiger partial charge on any atom is 0.251 e. The average Bonchev–Trinajstić information content (AvgIpc) is 3.27. The molecule has 0 fully saturated rings. The number of carbonyl (C=O) groups excluding carboxylic acids is 1. The van der Waals surface area contributed by atoms with E-state index in [1.165, 1.54) is 5.56 Å². The van der Waals surface area contributed by atoms with Crippen molar-refractivity contribution < 1.29 is 4.79 Å². The summed E-state index contributed by atoms with van der Waals surface area (Å²) in [4.78, 5) is 20.6. The molecule has 3 rings (SSSR count). The Morgan fingerprint density at radius 3 is 2.56 bits per heavy atom. The highest BCUT2D eigenvalue weighted by Gasteiger charge is 2.06. The normalized spacial score (nSPS) is 10.9. The number of amides is 1. The number of aliphatic imine (C=N–C) groups is 1. The Morgan fingerprint density at radius 1 is 1.03 bits per heavy atom. The highest BCUT2D eigenvalue weighted by Crippen LogP contribution is 2.06. The minimum Gasteiger partial charge on any atom is -0.356 e. The van der Waals surface area contributed by atoms with E-state index in [4.69, 9.17) is 0 Å². The van der Waals surface area contributed by atoms with Crippen LogP contribution in [0.2, 0.25) is 0 Å². The third-order valence-electron chi connectivity index (χ3n) is 5.05. The molecular formula is C24H31IN6O. The van der Waals surface area contributed by atoms with Crippen LogP contribution >= 0.6 is 24.0 Å². The summed E-state index contributed by atoms with van der Waals surface area (Å²) in [5, 5.41) is 9.30. The molecule has 0 saturated carbocycles. The van der Waals surface area contributed by atoms with Crippen LogP contribution < -0.4 is 16.0 Å². The van der Waals surface area contributed by atoms with Gasteiger partial charge in [-0.05, 0) is 36.1 Å². The molecule has 0 aliphatic carbocycles. The Morgan fingerprint density at radius 2 is 1.81 bits per heavy atom. The highest BCUT2D eigenvalue weighted by atomic mass is 127. The molecule has 0 unspecified atom stereocenters. The second-order valence-electron chi connectivity index (χ2n) is 7.15. The van der Waals surface area contributed by atoms with E-state index in [0.717, 1.165) is 36.7 Å². The number of rotatable bonds is 9. The van der Waals surface area contributed by atoms with Crippen LogP contribution in [0.15, 0.2) is 72.0 Å². The van der Waals surface area contributed by atoms with E-state index in [2.05, 4.69) is 54.8 Å². The minimum atomic E-state index is -0.0740. The van der Waals surface area contributed by atoms with Crippen LogP contribution in [-0.4, -0.2) is 42.1 Å². The Hall–Kier alpha value is -2.88. The van der Waals surface area contributed by atoms with Gasteiger partial charge in [-0.2, -0.15) is 0 Å². The molecule has 1 aromatic heterocycles. The number of nitrogens with one attached hydrogen (secondary N) is 3. The molecule has 0 atom stereocenters. The molecule has 0 spiro atoms. The van der Waals surface area contributed by atoms with Crippen molar-refractivity contribution in [2.75, 3.05) is 20.6 Å². The molecule has 0 aliphatic heterocycles. The number of guanidine groups is 1. The van der Waals surface area contributed by atoms with Gasteiger partial charge in [0.25, 0.3) is 5.91 Å². The average molecular weight is 546 g/mol. The topological polar surface area (TPSA) is 83.3 Å². The number of benzene rings is 2. The fraction of sp³-hybridized carbons (Fsp3) is 0.292. The lowest BCUT2D eigenvalue weighted by Gasteiger charge is -2.13. The number of hydrogen-bond acceptors (Lipinski definition) is 3. The van der Waals surface area contributed by atoms with Gasteiger partial charge in [0.2, 0.25) is 0 Å². The molecule has 3 N–H and O–H groups in total. The summed E-state index contributed by atoms with van der Waals surface area (Å²) in [5.74, 6) is 1.62. The smallest absolute Gasteiger partial charge is 0.251 e. The van der Waals surface area contributed by atoms with Gasteiger partial charge in [-0.15, -0.1) is 24.0 Å². The van der Waals surface area contributed by atoms with Gasteiger partial charge in [0.15, 0.2) is 5.96 Å². The van der Waals surface area contributed by atoms with E-state index >= 15 is 0 Å². The highest BCUT2D eigenvalue weighted by molar-refractivity contribution is 14.0. The third-order valence-corrected chi connectivity index (χ3v) is 5.05. The van der Waals surface area contributed by atoms with Crippen LogP contribution in [0.4, 0.5) is 0 Å². The standard InChI is InChI=1S/C24H30N6O.HI/c1-25-23(31)21-10-6-9-20(17-21)11-13-28-24(26-2)29-18-22-27-14-16-30(22)15-12-19-7-4-3-5-8-19;/h3-10,14,16-17H,11-13,15,18H2,1-2H3,(H,25,31)(H2,26,28,29);1H. The Balaban J connectivity index is 0.00000363. The molecule has 2 aromatic carbocycles. The van der Waals surface area contributed by atoms with Crippen molar-refractivity contribution in [3.8, 4) is 0 Å². The van der Waals surface area contributed by atoms with Crippen LogP contribution in [0.1, 0.15) is 27.3 Å². The van der Waals surface area contributed by atoms with Crippen molar-refractivity contribution >= 4 is 35.8 Å². The number of nitrogens with zero attached hydrogens (tertiary/aromatic N) is 3. The van der Waals surface area contributed by atoms with Gasteiger partial charge in [0.1, 0.15) is 5.82 Å². The zero-order chi connectivity index (χ0) is 21.9. The molecule has 32 heavy (non-hydrogen) atoms. The summed E-state index contributed by atoms with van der Waals surface area (Å²) < 4.78 is 2.16. The van der Waals surface area contributed by atoms with Crippen molar-refractivity contribution in [1.82, 2.24) is 25.5 Å². The largest absolute Gasteiger partial charge is 0.356 e. The lowest BCUT2D eigenvalue weighted by atomic mass is 10.1. The van der Waals surface area contributed by atoms with Gasteiger partial charge in [0.05, 0.1) is 6.54 Å². The van der Waals surface area contributed by atoms with E-state index in [0.29, 0.717) is 18.7 Å². The van der Waals surface area contributed by atoms with E-state index in [1.807, 2.05) is 42.7 Å². The first-order chi connectivity index (χ1) is 15.2. The zero-order valence-electron chi connectivity index (χ0n) is 18.5. The van der Waals surface area contributed by atoms with Crippen LogP contribution in [0, 0.1) is 0 Å². The maximum absolute atomic E-state index is 11.8. The monoisotopic (exact) mass is 546 g/mol. The second kappa shape index (κ2) is 13.5. The second-order valence-corrected chi connectivity index (χ2v) is 7.15. The number of carbonyl (C=O) groups is 1. The number of aryl methyl sites for hydroxylation is 2. The van der Waals surface area contributed by atoms with Gasteiger partial charge in [-0.1, -0.05) is 42.5 Å². The van der Waals surface area contributed by atoms with Gasteiger partial charge < -0.3 is 20.5 Å². The van der Waals surface area contributed by atoms with Crippen LogP contribution in [0.5, 0.6) is 0 Å². The Kier molecular flexibility index (Phi) is 10.7. The first-order valence-electron chi connectivity index (χ1n) is 10.5. The number of halogens is 1. The van der Waals surface area contributed by atoms with Gasteiger partial charge in [0, 0.05) is 45.1 Å². The Bertz CT molecular complexity index is 1000. The first-order valence-corrected chi connectivity index (χ1v) is 10.5. The summed E-state index contributed by atoms with van der Waals surface area (Å²) >= 11 is 0. The number of aromatic nitrogens is 2. The van der Waals surface area contributed by atoms with E-state index in [-0.39, 0.29) is 29.9 Å². The van der Waals surface area contributed by atoms with Crippen molar-refractivity contribution in [1.29, 1.82) is 0 Å². The quantitative estimate of drug-likeness (QED) is 0.219. The molecule has 170 valence electrons. The van der Waals surface area contributed by atoms with Crippen LogP contribution in [0.3, 0.4) is 0 Å². The van der Waals surface area contributed by atoms with E-state index in [9.17, 15) is 4.79 Å². The summed E-state index contributed by atoms with van der Waals surface area (Å²) in [6.45, 7) is 2.18. The van der Waals surface area contributed by atoms with E-state index in [1.54, 1.807) is 14.1 Å². The zero-order valence-corrected chi connectivity index (χ0v) is 20.9. The van der Waals surface area contributed by atoms with Crippen molar-refractivity contribution in [3.05, 3.63) is 89.5 Å². The molecule has 1 heterocycles. The summed E-state index contributed by atoms with van der Waals surface area (Å²) in [7, 11) is 3.39. The molecule has 0 saturated heterocycles. The van der Waals surface area contributed by atoms with Gasteiger partial charge in [-0.3, -0.25) is 9.79 Å². The summed E-state index contributed by atoms with van der Waals surface area (Å²) in [6, 6.07) is 18.1. The molecule has 1 amide bonds. The van der Waals surface area contributed by atoms with E-state index < -0.39 is 0 Å². The third kappa shape index (κ3) is 7.67. The molecule has 3 aromatic rings. The summed E-state index contributed by atoms with van der Waals surface area (Å²) in [6.07, 6.45) is 5.59. The van der Waals surface area contributed by atoms with Gasteiger partial charge in [-0.25, -0.2) is 4.98 Å². The SMILES string of the molecule is CN=C(NCCc1cccc(C(=O)NC)c1)NCc1nccn1CCc1ccccc1.I. The fourth-order valence-corrected chi connectivity index (χ4v) is 3.33. The van der Waals surface area contributed by atoms with Crippen LogP contribution in [0.25, 0.3) is 0 Å². The van der Waals surface area contributed by atoms with Crippen molar-refractivity contribution in [2.24, 2.45) is 4.99 Å². The number of hydrogen-bond donors (Lipinski definition) is 3. The maximum atomic E-state index is 11.8. The lowest BCUT2D eigenvalue weighted by molar-refractivity contribution is 0.0963. The van der Waals surface area contributed by atoms with Crippen molar-refractivity contribution in [2.45, 2.75) is 25.9 Å². The fourth-order valence-electron chi connectivity index (χ4n) is 3.33. The molecular weight excluding hydrogens is 515 g/mol.